The molecule has 2 fully saturated rings. The van der Waals surface area contributed by atoms with Crippen LogP contribution in [0.1, 0.15) is 23.2 Å². The number of amides is 1. The molecule has 1 N–H and O–H groups in total. The summed E-state index contributed by atoms with van der Waals surface area (Å²) >= 11 is 0. The Hall–Kier alpha value is -1.92. The minimum atomic E-state index is -3.65. The molecule has 26 heavy (non-hydrogen) atoms. The van der Waals surface area contributed by atoms with Gasteiger partial charge < -0.3 is 14.4 Å². The van der Waals surface area contributed by atoms with Crippen LogP contribution in [0.15, 0.2) is 29.2 Å². The molecule has 0 radical (unpaired) electrons. The van der Waals surface area contributed by atoms with E-state index in [1.807, 2.05) is 0 Å². The van der Waals surface area contributed by atoms with E-state index in [4.69, 9.17) is 15.9 Å². The van der Waals surface area contributed by atoms with Gasteiger partial charge in [0.1, 0.15) is 0 Å². The number of piperidine rings is 1. The molecule has 1 aromatic rings. The molecule has 3 rings (SSSR count). The van der Waals surface area contributed by atoms with Crippen molar-refractivity contribution in [2.45, 2.75) is 24.0 Å². The predicted molar refractivity (Wildman–Crippen MR) is 94.8 cm³/mol. The van der Waals surface area contributed by atoms with Crippen LogP contribution in [0.3, 0.4) is 0 Å². The van der Waals surface area contributed by atoms with Crippen molar-refractivity contribution in [2.75, 3.05) is 32.8 Å². The first-order chi connectivity index (χ1) is 12.5. The average Bonchev–Trinajstić information content (AvgIpc) is 3.21. The number of terminal acetylenes is 1. The van der Waals surface area contributed by atoms with Gasteiger partial charge in [0.25, 0.3) is 5.91 Å². The van der Waals surface area contributed by atoms with Crippen LogP contribution in [0.2, 0.25) is 0 Å². The van der Waals surface area contributed by atoms with E-state index in [1.54, 1.807) is 4.90 Å². The highest BCUT2D eigenvalue weighted by Crippen LogP contribution is 2.26. The summed E-state index contributed by atoms with van der Waals surface area (Å²) in [6, 6.07) is 5.89. The Bertz CT molecular complexity index is 771. The van der Waals surface area contributed by atoms with Crippen molar-refractivity contribution in [3.8, 4) is 12.3 Å². The highest BCUT2D eigenvalue weighted by Gasteiger charge is 2.32. The molecule has 140 valence electrons. The Labute approximate surface area is 153 Å². The summed E-state index contributed by atoms with van der Waals surface area (Å²) in [5.74, 6) is 2.44. The minimum absolute atomic E-state index is 0.0770. The molecule has 1 amide bonds. The van der Waals surface area contributed by atoms with E-state index in [0.29, 0.717) is 37.8 Å². The Kier molecular flexibility index (Phi) is 5.94. The highest BCUT2D eigenvalue weighted by molar-refractivity contribution is 7.89. The fourth-order valence-electron chi connectivity index (χ4n) is 3.20. The second kappa shape index (κ2) is 8.18. The number of carbonyl (C=O) groups excluding carboxylic acids is 1. The van der Waals surface area contributed by atoms with Crippen LogP contribution in [-0.4, -0.2) is 58.4 Å². The number of hydrogen-bond acceptors (Lipinski definition) is 5. The van der Waals surface area contributed by atoms with E-state index in [0.717, 1.165) is 12.8 Å². The summed E-state index contributed by atoms with van der Waals surface area (Å²) < 4.78 is 37.4. The van der Waals surface area contributed by atoms with Crippen molar-refractivity contribution >= 4 is 15.9 Å². The lowest BCUT2D eigenvalue weighted by molar-refractivity contribution is -0.0956. The Balaban J connectivity index is 1.59. The smallest absolute Gasteiger partial charge is 0.253 e. The molecule has 2 heterocycles. The standard InChI is InChI=1S/C18H22N2O5S/c1-2-9-19-26(22,23)16-5-3-14(4-6-16)17(21)20-10-7-15(8-11-20)18-24-12-13-25-18/h1,3-6,15,18-19H,7-13H2. The van der Waals surface area contributed by atoms with Crippen LogP contribution in [0.5, 0.6) is 0 Å². The summed E-state index contributed by atoms with van der Waals surface area (Å²) in [7, 11) is -3.65. The molecular formula is C18H22N2O5S. The van der Waals surface area contributed by atoms with Crippen LogP contribution in [0, 0.1) is 18.3 Å². The maximum Gasteiger partial charge on any atom is 0.253 e. The first-order valence-electron chi connectivity index (χ1n) is 8.57. The largest absolute Gasteiger partial charge is 0.350 e. The van der Waals surface area contributed by atoms with E-state index in [2.05, 4.69) is 10.6 Å². The van der Waals surface area contributed by atoms with Crippen molar-refractivity contribution in [1.29, 1.82) is 0 Å². The molecule has 2 saturated heterocycles. The predicted octanol–water partition coefficient (Wildman–Crippen LogP) is 0.823. The molecule has 0 bridgehead atoms. The maximum absolute atomic E-state index is 12.6. The molecule has 8 heteroatoms. The van der Waals surface area contributed by atoms with E-state index in [9.17, 15) is 13.2 Å². The van der Waals surface area contributed by atoms with E-state index in [1.165, 1.54) is 24.3 Å². The number of nitrogens with one attached hydrogen (secondary N) is 1. The van der Waals surface area contributed by atoms with Gasteiger partial charge in [-0.3, -0.25) is 4.79 Å². The maximum atomic E-state index is 12.6. The van der Waals surface area contributed by atoms with Gasteiger partial charge in [0.15, 0.2) is 6.29 Å². The lowest BCUT2D eigenvalue weighted by Crippen LogP contribution is -2.41. The van der Waals surface area contributed by atoms with Gasteiger partial charge in [-0.1, -0.05) is 5.92 Å². The molecule has 0 atom stereocenters. The molecule has 0 aliphatic carbocycles. The number of benzene rings is 1. The average molecular weight is 378 g/mol. The summed E-state index contributed by atoms with van der Waals surface area (Å²) in [5, 5.41) is 0. The molecule has 7 nitrogen and oxygen atoms in total. The zero-order valence-electron chi connectivity index (χ0n) is 14.4. The number of rotatable bonds is 5. The third-order valence-electron chi connectivity index (χ3n) is 4.64. The van der Waals surface area contributed by atoms with Crippen LogP contribution in [-0.2, 0) is 19.5 Å². The molecule has 1 aromatic carbocycles. The van der Waals surface area contributed by atoms with Crippen LogP contribution < -0.4 is 4.72 Å². The lowest BCUT2D eigenvalue weighted by atomic mass is 9.95. The van der Waals surface area contributed by atoms with Crippen LogP contribution in [0.4, 0.5) is 0 Å². The molecule has 0 unspecified atom stereocenters. The minimum Gasteiger partial charge on any atom is -0.350 e. The Morgan fingerprint density at radius 3 is 2.38 bits per heavy atom. The van der Waals surface area contributed by atoms with E-state index in [-0.39, 0.29) is 23.6 Å². The number of hydrogen-bond donors (Lipinski definition) is 1. The fraction of sp³-hybridized carbons (Fsp3) is 0.500. The third-order valence-corrected chi connectivity index (χ3v) is 6.05. The molecule has 2 aliphatic heterocycles. The molecule has 2 aliphatic rings. The summed E-state index contributed by atoms with van der Waals surface area (Å²) in [4.78, 5) is 14.5. The third kappa shape index (κ3) is 4.24. The number of carbonyl (C=O) groups is 1. The number of sulfonamides is 1. The van der Waals surface area contributed by atoms with Gasteiger partial charge in [-0.25, -0.2) is 8.42 Å². The first-order valence-corrected chi connectivity index (χ1v) is 10.1. The molecule has 0 saturated carbocycles. The number of ether oxygens (including phenoxy) is 2. The Morgan fingerprint density at radius 1 is 1.19 bits per heavy atom. The number of nitrogens with zero attached hydrogens (tertiary/aromatic N) is 1. The first kappa shape index (κ1) is 18.9. The van der Waals surface area contributed by atoms with E-state index < -0.39 is 10.0 Å². The topological polar surface area (TPSA) is 84.9 Å². The van der Waals surface area contributed by atoms with Crippen molar-refractivity contribution in [3.05, 3.63) is 29.8 Å². The van der Waals surface area contributed by atoms with Gasteiger partial charge in [0.05, 0.1) is 24.7 Å². The zero-order chi connectivity index (χ0) is 18.6. The van der Waals surface area contributed by atoms with Crippen molar-refractivity contribution in [1.82, 2.24) is 9.62 Å². The van der Waals surface area contributed by atoms with Gasteiger partial charge in [-0.15, -0.1) is 6.42 Å². The SMILES string of the molecule is C#CCNS(=O)(=O)c1ccc(C(=O)N2CCC(C3OCCO3)CC2)cc1. The van der Waals surface area contributed by atoms with Crippen molar-refractivity contribution < 1.29 is 22.7 Å². The zero-order valence-corrected chi connectivity index (χ0v) is 15.2. The van der Waals surface area contributed by atoms with Crippen molar-refractivity contribution in [3.63, 3.8) is 0 Å². The lowest BCUT2D eigenvalue weighted by Gasteiger charge is -2.33. The monoisotopic (exact) mass is 378 g/mol. The Morgan fingerprint density at radius 2 is 1.81 bits per heavy atom. The summed E-state index contributed by atoms with van der Waals surface area (Å²) in [6.45, 7) is 2.46. The number of likely N-dealkylation sites (tertiary alicyclic amines) is 1. The second-order valence-corrected chi connectivity index (χ2v) is 8.06. The van der Waals surface area contributed by atoms with Crippen LogP contribution >= 0.6 is 0 Å². The highest BCUT2D eigenvalue weighted by atomic mass is 32.2. The fourth-order valence-corrected chi connectivity index (χ4v) is 4.14. The summed E-state index contributed by atoms with van der Waals surface area (Å²) in [5.41, 5.74) is 0.465. The van der Waals surface area contributed by atoms with Gasteiger partial charge >= 0.3 is 0 Å². The van der Waals surface area contributed by atoms with Gasteiger partial charge in [-0.2, -0.15) is 4.72 Å². The second-order valence-electron chi connectivity index (χ2n) is 6.29. The van der Waals surface area contributed by atoms with Gasteiger partial charge in [0.2, 0.25) is 10.0 Å². The van der Waals surface area contributed by atoms with Gasteiger partial charge in [-0.05, 0) is 37.1 Å². The molecular weight excluding hydrogens is 356 g/mol. The van der Waals surface area contributed by atoms with Crippen molar-refractivity contribution in [2.24, 2.45) is 5.92 Å². The molecule has 0 spiro atoms. The van der Waals surface area contributed by atoms with Crippen LogP contribution in [0.25, 0.3) is 0 Å². The molecule has 0 aromatic heterocycles. The normalized spacial score (nSPS) is 19.4. The van der Waals surface area contributed by atoms with Gasteiger partial charge in [0, 0.05) is 24.6 Å². The quantitative estimate of drug-likeness (QED) is 0.767. The summed E-state index contributed by atoms with van der Waals surface area (Å²) in [6.07, 6.45) is 6.59. The van der Waals surface area contributed by atoms with E-state index >= 15 is 0 Å².